The van der Waals surface area contributed by atoms with Crippen molar-refractivity contribution in [2.45, 2.75) is 0 Å². The third-order valence-corrected chi connectivity index (χ3v) is 9.12. The minimum Gasteiger partial charge on any atom is -0.454 e. The number of furan rings is 2. The van der Waals surface area contributed by atoms with E-state index in [1.807, 2.05) is 60.9 Å². The van der Waals surface area contributed by atoms with Crippen LogP contribution in [0.2, 0.25) is 0 Å². The summed E-state index contributed by atoms with van der Waals surface area (Å²) in [6.07, 6.45) is 3.68. The van der Waals surface area contributed by atoms with Crippen molar-refractivity contribution < 1.29 is 8.83 Å². The van der Waals surface area contributed by atoms with Crippen LogP contribution in [0.25, 0.3) is 76.8 Å². The van der Waals surface area contributed by atoms with Gasteiger partial charge in [-0.3, -0.25) is 9.97 Å². The summed E-state index contributed by atoms with van der Waals surface area (Å²) in [5.74, 6) is 0. The van der Waals surface area contributed by atoms with Crippen LogP contribution in [0.5, 0.6) is 0 Å². The quantitative estimate of drug-likeness (QED) is 0.200. The summed E-state index contributed by atoms with van der Waals surface area (Å²) in [5.41, 5.74) is 9.76. The van der Waals surface area contributed by atoms with Crippen molar-refractivity contribution in [3.8, 4) is 11.1 Å². The molecule has 5 heteroatoms. The van der Waals surface area contributed by atoms with Gasteiger partial charge in [0.25, 0.3) is 0 Å². The Labute approximate surface area is 268 Å². The topological polar surface area (TPSA) is 55.3 Å². The molecule has 4 aromatic heterocycles. The Morgan fingerprint density at radius 1 is 0.468 bits per heavy atom. The molecule has 47 heavy (non-hydrogen) atoms. The van der Waals surface area contributed by atoms with Gasteiger partial charge in [-0.15, -0.1) is 0 Å². The van der Waals surface area contributed by atoms with E-state index in [9.17, 15) is 0 Å². The number of pyridine rings is 2. The number of benzene rings is 6. The minimum absolute atomic E-state index is 0.715. The van der Waals surface area contributed by atoms with E-state index < -0.39 is 0 Å². The molecule has 0 aliphatic heterocycles. The van der Waals surface area contributed by atoms with Crippen molar-refractivity contribution in [1.82, 2.24) is 9.97 Å². The highest BCUT2D eigenvalue weighted by atomic mass is 16.3. The predicted molar refractivity (Wildman–Crippen MR) is 192 cm³/mol. The molecule has 4 heterocycles. The van der Waals surface area contributed by atoms with Crippen LogP contribution in [0.15, 0.2) is 161 Å². The third-order valence-electron chi connectivity index (χ3n) is 9.12. The van der Waals surface area contributed by atoms with Crippen LogP contribution in [-0.4, -0.2) is 9.97 Å². The fraction of sp³-hybridized carbons (Fsp3) is 0. The molecule has 0 unspecified atom stereocenters. The Morgan fingerprint density at radius 2 is 1.23 bits per heavy atom. The van der Waals surface area contributed by atoms with Gasteiger partial charge in [0, 0.05) is 23.5 Å². The van der Waals surface area contributed by atoms with Crippen LogP contribution >= 0.6 is 0 Å². The van der Waals surface area contributed by atoms with Gasteiger partial charge < -0.3 is 13.7 Å². The number of fused-ring (bicyclic) bond motifs is 8. The summed E-state index contributed by atoms with van der Waals surface area (Å²) in [7, 11) is 0. The van der Waals surface area contributed by atoms with E-state index in [2.05, 4.69) is 95.9 Å². The second kappa shape index (κ2) is 10.0. The molecule has 0 bridgehead atoms. The van der Waals surface area contributed by atoms with Crippen molar-refractivity contribution in [1.29, 1.82) is 0 Å². The molecule has 0 N–H and O–H groups in total. The average Bonchev–Trinajstić information content (AvgIpc) is 3.71. The number of aromatic nitrogens is 2. The van der Waals surface area contributed by atoms with Crippen LogP contribution in [-0.2, 0) is 0 Å². The molecule has 0 aliphatic rings. The first-order chi connectivity index (χ1) is 23.3. The molecular formula is C42H25N3O2. The van der Waals surface area contributed by atoms with Crippen LogP contribution in [0.1, 0.15) is 0 Å². The van der Waals surface area contributed by atoms with Crippen molar-refractivity contribution in [2.24, 2.45) is 0 Å². The highest BCUT2D eigenvalue weighted by molar-refractivity contribution is 6.15. The maximum absolute atomic E-state index is 6.60. The Kier molecular flexibility index (Phi) is 5.51. The van der Waals surface area contributed by atoms with E-state index in [-0.39, 0.29) is 0 Å². The zero-order chi connectivity index (χ0) is 30.9. The molecule has 0 saturated carbocycles. The van der Waals surface area contributed by atoms with Crippen molar-refractivity contribution in [3.05, 3.63) is 152 Å². The summed E-state index contributed by atoms with van der Waals surface area (Å²) < 4.78 is 12.9. The molecule has 220 valence electrons. The number of rotatable bonds is 4. The Morgan fingerprint density at radius 3 is 2.17 bits per heavy atom. The van der Waals surface area contributed by atoms with Crippen molar-refractivity contribution in [2.75, 3.05) is 4.90 Å². The number of hydrogen-bond donors (Lipinski definition) is 0. The standard InChI is InChI=1S/C42H25N3O2/c1-2-10-27-23-29(19-18-26(27)9-1)33-25-30(24-28-11-3-4-12-31(28)33)45(34-14-7-16-37-39(34)41-38(46-37)17-8-21-43-41)35-20-22-44-40-32-13-5-6-15-36(32)47-42(35)40/h1-25H. The lowest BCUT2D eigenvalue weighted by molar-refractivity contribution is 0.667. The third kappa shape index (κ3) is 3.97. The Bertz CT molecular complexity index is 2830. The molecule has 0 amide bonds. The number of para-hydroxylation sites is 1. The monoisotopic (exact) mass is 603 g/mol. The van der Waals surface area contributed by atoms with Gasteiger partial charge in [0.15, 0.2) is 11.2 Å². The van der Waals surface area contributed by atoms with Gasteiger partial charge in [-0.2, -0.15) is 0 Å². The van der Waals surface area contributed by atoms with Crippen molar-refractivity contribution >= 4 is 82.7 Å². The molecule has 0 fully saturated rings. The zero-order valence-corrected chi connectivity index (χ0v) is 25.1. The Hall–Kier alpha value is -6.46. The van der Waals surface area contributed by atoms with E-state index >= 15 is 0 Å². The first-order valence-electron chi connectivity index (χ1n) is 15.6. The van der Waals surface area contributed by atoms with Gasteiger partial charge in [-0.1, -0.05) is 78.9 Å². The van der Waals surface area contributed by atoms with Gasteiger partial charge in [0.2, 0.25) is 0 Å². The fourth-order valence-electron chi connectivity index (χ4n) is 7.00. The molecule has 10 aromatic rings. The lowest BCUT2D eigenvalue weighted by Gasteiger charge is -2.27. The second-order valence-corrected chi connectivity index (χ2v) is 11.8. The van der Waals surface area contributed by atoms with E-state index in [1.165, 1.54) is 16.2 Å². The molecule has 0 radical (unpaired) electrons. The highest BCUT2D eigenvalue weighted by Crippen LogP contribution is 2.47. The summed E-state index contributed by atoms with van der Waals surface area (Å²) in [6, 6.07) is 48.5. The van der Waals surface area contributed by atoms with E-state index in [0.29, 0.717) is 5.58 Å². The van der Waals surface area contributed by atoms with Gasteiger partial charge in [-0.05, 0) is 93.3 Å². The minimum atomic E-state index is 0.715. The van der Waals surface area contributed by atoms with E-state index in [4.69, 9.17) is 18.8 Å². The smallest absolute Gasteiger partial charge is 0.177 e. The maximum Gasteiger partial charge on any atom is 0.177 e. The van der Waals surface area contributed by atoms with Gasteiger partial charge in [0.05, 0.1) is 16.8 Å². The zero-order valence-electron chi connectivity index (χ0n) is 25.1. The molecule has 10 rings (SSSR count). The number of hydrogen-bond acceptors (Lipinski definition) is 5. The first kappa shape index (κ1) is 25.8. The van der Waals surface area contributed by atoms with E-state index in [0.717, 1.165) is 72.1 Å². The summed E-state index contributed by atoms with van der Waals surface area (Å²) in [5, 5.41) is 6.65. The lowest BCUT2D eigenvalue weighted by Crippen LogP contribution is -2.11. The predicted octanol–water partition coefficient (Wildman–Crippen LogP) is 11.7. The fourth-order valence-corrected chi connectivity index (χ4v) is 7.00. The maximum atomic E-state index is 6.60. The van der Waals surface area contributed by atoms with E-state index in [1.54, 1.807) is 0 Å². The molecule has 0 atom stereocenters. The molecule has 5 nitrogen and oxygen atoms in total. The first-order valence-corrected chi connectivity index (χ1v) is 15.6. The molecule has 0 saturated heterocycles. The summed E-state index contributed by atoms with van der Waals surface area (Å²) in [4.78, 5) is 11.9. The second-order valence-electron chi connectivity index (χ2n) is 11.8. The summed E-state index contributed by atoms with van der Waals surface area (Å²) >= 11 is 0. The summed E-state index contributed by atoms with van der Waals surface area (Å²) in [6.45, 7) is 0. The van der Waals surface area contributed by atoms with Crippen LogP contribution in [0.4, 0.5) is 17.1 Å². The van der Waals surface area contributed by atoms with Crippen LogP contribution in [0.3, 0.4) is 0 Å². The molecule has 0 aliphatic carbocycles. The highest BCUT2D eigenvalue weighted by Gasteiger charge is 2.25. The van der Waals surface area contributed by atoms with Gasteiger partial charge in [0.1, 0.15) is 22.2 Å². The largest absolute Gasteiger partial charge is 0.454 e. The number of anilines is 3. The van der Waals surface area contributed by atoms with Crippen LogP contribution < -0.4 is 4.90 Å². The lowest BCUT2D eigenvalue weighted by atomic mass is 9.95. The molecular weight excluding hydrogens is 578 g/mol. The van der Waals surface area contributed by atoms with Gasteiger partial charge >= 0.3 is 0 Å². The average molecular weight is 604 g/mol. The number of nitrogens with zero attached hydrogens (tertiary/aromatic N) is 3. The van der Waals surface area contributed by atoms with Gasteiger partial charge in [-0.25, -0.2) is 0 Å². The SMILES string of the molecule is c1ccc2cc(-c3cc(N(c4ccnc5c4oc4ccccc45)c4cccc5oc6cccnc6c45)cc4ccccc34)ccc2c1. The Balaban J connectivity index is 1.32. The normalized spacial score (nSPS) is 11.8. The van der Waals surface area contributed by atoms with Crippen molar-refractivity contribution in [3.63, 3.8) is 0 Å². The molecule has 0 spiro atoms. The molecule has 6 aromatic carbocycles. The van der Waals surface area contributed by atoms with Crippen LogP contribution in [0, 0.1) is 0 Å².